The molecule has 6 heteroatoms. The highest BCUT2D eigenvalue weighted by Crippen LogP contribution is 2.19. The van der Waals surface area contributed by atoms with E-state index < -0.39 is 11.8 Å². The van der Waals surface area contributed by atoms with Gasteiger partial charge in [-0.3, -0.25) is 0 Å². The third-order valence-corrected chi connectivity index (χ3v) is 3.81. The van der Waals surface area contributed by atoms with E-state index in [0.717, 1.165) is 16.8 Å². The summed E-state index contributed by atoms with van der Waals surface area (Å²) in [6, 6.07) is 13.5. The van der Waals surface area contributed by atoms with E-state index in [2.05, 4.69) is 20.6 Å². The van der Waals surface area contributed by atoms with Crippen LogP contribution in [0.5, 0.6) is 0 Å². The van der Waals surface area contributed by atoms with Gasteiger partial charge in [0.05, 0.1) is 23.6 Å². The SMILES string of the molecule is Cc1ccc(F)c(NC(=O)NC(C)c2ncc(-c3ccccc3)[nH]2)c1. The minimum absolute atomic E-state index is 0.147. The van der Waals surface area contributed by atoms with Crippen molar-refractivity contribution < 1.29 is 9.18 Å². The van der Waals surface area contributed by atoms with Crippen molar-refractivity contribution in [2.45, 2.75) is 19.9 Å². The number of rotatable bonds is 4. The largest absolute Gasteiger partial charge is 0.340 e. The van der Waals surface area contributed by atoms with Crippen molar-refractivity contribution in [3.8, 4) is 11.3 Å². The van der Waals surface area contributed by atoms with E-state index in [4.69, 9.17) is 0 Å². The molecule has 0 bridgehead atoms. The molecule has 0 saturated carbocycles. The van der Waals surface area contributed by atoms with Gasteiger partial charge in [-0.05, 0) is 37.1 Å². The van der Waals surface area contributed by atoms with Gasteiger partial charge in [-0.1, -0.05) is 36.4 Å². The molecule has 0 aliphatic carbocycles. The van der Waals surface area contributed by atoms with Crippen LogP contribution in [0.15, 0.2) is 54.7 Å². The number of nitrogens with zero attached hydrogens (tertiary/aromatic N) is 1. The second kappa shape index (κ2) is 7.17. The van der Waals surface area contributed by atoms with Gasteiger partial charge in [0.1, 0.15) is 11.6 Å². The molecule has 0 spiro atoms. The lowest BCUT2D eigenvalue weighted by Gasteiger charge is -2.13. The summed E-state index contributed by atoms with van der Waals surface area (Å²) in [5.41, 5.74) is 2.89. The van der Waals surface area contributed by atoms with E-state index in [-0.39, 0.29) is 11.7 Å². The first-order valence-corrected chi connectivity index (χ1v) is 7.97. The van der Waals surface area contributed by atoms with Gasteiger partial charge < -0.3 is 15.6 Å². The number of hydrogen-bond acceptors (Lipinski definition) is 2. The zero-order chi connectivity index (χ0) is 17.8. The Bertz CT molecular complexity index is 876. The number of urea groups is 1. The third-order valence-electron chi connectivity index (χ3n) is 3.81. The van der Waals surface area contributed by atoms with Crippen molar-refractivity contribution in [1.29, 1.82) is 0 Å². The average Bonchev–Trinajstić information content (AvgIpc) is 3.09. The molecule has 1 heterocycles. The second-order valence-corrected chi connectivity index (χ2v) is 5.85. The number of H-pyrrole nitrogens is 1. The van der Waals surface area contributed by atoms with Gasteiger partial charge in [0.15, 0.2) is 0 Å². The van der Waals surface area contributed by atoms with E-state index >= 15 is 0 Å². The monoisotopic (exact) mass is 338 g/mol. The Morgan fingerprint density at radius 3 is 2.72 bits per heavy atom. The molecule has 3 aromatic rings. The van der Waals surface area contributed by atoms with E-state index in [1.807, 2.05) is 37.3 Å². The lowest BCUT2D eigenvalue weighted by Crippen LogP contribution is -2.32. The molecule has 3 rings (SSSR count). The smallest absolute Gasteiger partial charge is 0.319 e. The fourth-order valence-electron chi connectivity index (χ4n) is 2.48. The van der Waals surface area contributed by atoms with Crippen molar-refractivity contribution in [1.82, 2.24) is 15.3 Å². The fourth-order valence-corrected chi connectivity index (χ4v) is 2.48. The number of aromatic nitrogens is 2. The molecule has 0 radical (unpaired) electrons. The lowest BCUT2D eigenvalue weighted by molar-refractivity contribution is 0.249. The van der Waals surface area contributed by atoms with Crippen LogP contribution in [0.2, 0.25) is 0 Å². The second-order valence-electron chi connectivity index (χ2n) is 5.85. The van der Waals surface area contributed by atoms with Gasteiger partial charge in [-0.25, -0.2) is 14.2 Å². The quantitative estimate of drug-likeness (QED) is 0.659. The number of halogens is 1. The summed E-state index contributed by atoms with van der Waals surface area (Å²) < 4.78 is 13.7. The number of nitrogens with one attached hydrogen (secondary N) is 3. The van der Waals surface area contributed by atoms with Gasteiger partial charge in [0, 0.05) is 0 Å². The van der Waals surface area contributed by atoms with Crippen molar-refractivity contribution in [2.24, 2.45) is 0 Å². The van der Waals surface area contributed by atoms with Gasteiger partial charge in [0.2, 0.25) is 0 Å². The molecule has 1 unspecified atom stereocenters. The molecular weight excluding hydrogens is 319 g/mol. The Hall–Kier alpha value is -3.15. The summed E-state index contributed by atoms with van der Waals surface area (Å²) in [6.45, 7) is 3.64. The van der Waals surface area contributed by atoms with Crippen LogP contribution in [-0.4, -0.2) is 16.0 Å². The average molecular weight is 338 g/mol. The van der Waals surface area contributed by atoms with E-state index in [1.54, 1.807) is 25.3 Å². The number of anilines is 1. The highest BCUT2D eigenvalue weighted by molar-refractivity contribution is 5.89. The van der Waals surface area contributed by atoms with Crippen LogP contribution < -0.4 is 10.6 Å². The molecule has 1 aromatic heterocycles. The van der Waals surface area contributed by atoms with E-state index in [9.17, 15) is 9.18 Å². The van der Waals surface area contributed by atoms with Crippen molar-refractivity contribution >= 4 is 11.7 Å². The molecule has 128 valence electrons. The van der Waals surface area contributed by atoms with Crippen LogP contribution in [0.25, 0.3) is 11.3 Å². The van der Waals surface area contributed by atoms with Crippen molar-refractivity contribution in [2.75, 3.05) is 5.32 Å². The van der Waals surface area contributed by atoms with Gasteiger partial charge in [-0.15, -0.1) is 0 Å². The Morgan fingerprint density at radius 1 is 1.20 bits per heavy atom. The fraction of sp³-hybridized carbons (Fsp3) is 0.158. The number of aromatic amines is 1. The highest BCUT2D eigenvalue weighted by Gasteiger charge is 2.14. The molecule has 2 aromatic carbocycles. The number of carbonyl (C=O) groups is 1. The van der Waals surface area contributed by atoms with E-state index in [1.165, 1.54) is 6.07 Å². The minimum atomic E-state index is -0.491. The number of hydrogen-bond donors (Lipinski definition) is 3. The van der Waals surface area contributed by atoms with Crippen LogP contribution in [0.4, 0.5) is 14.9 Å². The van der Waals surface area contributed by atoms with Crippen molar-refractivity contribution in [3.63, 3.8) is 0 Å². The molecule has 0 aliphatic heterocycles. The van der Waals surface area contributed by atoms with Crippen molar-refractivity contribution in [3.05, 3.63) is 71.9 Å². The molecular formula is C19H19FN4O. The molecule has 25 heavy (non-hydrogen) atoms. The zero-order valence-electron chi connectivity index (χ0n) is 14.0. The predicted octanol–water partition coefficient (Wildman–Crippen LogP) is 4.41. The summed E-state index contributed by atoms with van der Waals surface area (Å²) in [6.07, 6.45) is 1.72. The van der Waals surface area contributed by atoms with Gasteiger partial charge in [-0.2, -0.15) is 0 Å². The standard InChI is InChI=1S/C19H19FN4O/c1-12-8-9-15(20)16(10-12)24-19(25)22-13(2)18-21-11-17(23-18)14-6-4-3-5-7-14/h3-11,13H,1-2H3,(H,21,23)(H2,22,24,25). The molecule has 5 nitrogen and oxygen atoms in total. The first kappa shape index (κ1) is 16.7. The van der Waals surface area contributed by atoms with Crippen LogP contribution >= 0.6 is 0 Å². The summed E-state index contributed by atoms with van der Waals surface area (Å²) >= 11 is 0. The summed E-state index contributed by atoms with van der Waals surface area (Å²) in [5.74, 6) is 0.150. The minimum Gasteiger partial charge on any atom is -0.340 e. The first-order valence-electron chi connectivity index (χ1n) is 7.97. The number of imidazole rings is 1. The third kappa shape index (κ3) is 4.03. The molecule has 0 saturated heterocycles. The maximum Gasteiger partial charge on any atom is 0.319 e. The van der Waals surface area contributed by atoms with Crippen LogP contribution in [0.1, 0.15) is 24.4 Å². The highest BCUT2D eigenvalue weighted by atomic mass is 19.1. The maximum absolute atomic E-state index is 13.7. The molecule has 0 aliphatic rings. The summed E-state index contributed by atoms with van der Waals surface area (Å²) in [7, 11) is 0. The Morgan fingerprint density at radius 2 is 1.96 bits per heavy atom. The molecule has 2 amide bonds. The number of carbonyl (C=O) groups excluding carboxylic acids is 1. The molecule has 0 fully saturated rings. The summed E-state index contributed by atoms with van der Waals surface area (Å²) in [4.78, 5) is 19.6. The number of benzene rings is 2. The van der Waals surface area contributed by atoms with E-state index in [0.29, 0.717) is 5.82 Å². The molecule has 3 N–H and O–H groups in total. The van der Waals surface area contributed by atoms with Crippen LogP contribution in [0.3, 0.4) is 0 Å². The van der Waals surface area contributed by atoms with Crippen LogP contribution in [-0.2, 0) is 0 Å². The molecule has 1 atom stereocenters. The topological polar surface area (TPSA) is 69.8 Å². The van der Waals surface area contributed by atoms with Crippen LogP contribution in [0, 0.1) is 12.7 Å². The number of aryl methyl sites for hydroxylation is 1. The Labute approximate surface area is 145 Å². The first-order chi connectivity index (χ1) is 12.0. The Balaban J connectivity index is 1.66. The van der Waals surface area contributed by atoms with Gasteiger partial charge in [0.25, 0.3) is 0 Å². The normalized spacial score (nSPS) is 11.8. The van der Waals surface area contributed by atoms with Gasteiger partial charge >= 0.3 is 6.03 Å². The Kier molecular flexibility index (Phi) is 4.79. The lowest BCUT2D eigenvalue weighted by atomic mass is 10.2. The maximum atomic E-state index is 13.7. The number of amides is 2. The summed E-state index contributed by atoms with van der Waals surface area (Å²) in [5, 5.41) is 5.27. The predicted molar refractivity (Wildman–Crippen MR) is 95.7 cm³/mol. The zero-order valence-corrected chi connectivity index (χ0v) is 14.0.